The van der Waals surface area contributed by atoms with Gasteiger partial charge in [-0.15, -0.1) is 0 Å². The summed E-state index contributed by atoms with van der Waals surface area (Å²) in [5.41, 5.74) is 2.39. The monoisotopic (exact) mass is 222 g/mol. The van der Waals surface area contributed by atoms with Gasteiger partial charge in [0.1, 0.15) is 0 Å². The Morgan fingerprint density at radius 2 is 2.31 bits per heavy atom. The Morgan fingerprint density at radius 3 is 2.94 bits per heavy atom. The summed E-state index contributed by atoms with van der Waals surface area (Å²) in [5.74, 6) is 0. The highest BCUT2D eigenvalue weighted by Crippen LogP contribution is 2.17. The smallest absolute Gasteiger partial charge is 0.0603 e. The number of nitrogens with zero attached hydrogens (tertiary/aromatic N) is 1. The average molecular weight is 222 g/mol. The first-order chi connectivity index (χ1) is 7.79. The van der Waals surface area contributed by atoms with E-state index in [2.05, 4.69) is 30.2 Å². The molecule has 1 atom stereocenters. The molecule has 90 valence electrons. The van der Waals surface area contributed by atoms with E-state index >= 15 is 0 Å². The van der Waals surface area contributed by atoms with Crippen LogP contribution in [0.25, 0.3) is 0 Å². The summed E-state index contributed by atoms with van der Waals surface area (Å²) < 4.78 is 5.15. The Labute approximate surface area is 98.2 Å². The fraction of sp³-hybridized carbons (Fsp3) is 0.615. The van der Waals surface area contributed by atoms with Gasteiger partial charge in [0.2, 0.25) is 0 Å². The molecule has 3 heteroatoms. The molecule has 1 aromatic rings. The normalized spacial score (nSPS) is 12.7. The SMILES string of the molecule is CCCNC(CCOC)c1ncccc1C. The Morgan fingerprint density at radius 1 is 1.50 bits per heavy atom. The zero-order valence-corrected chi connectivity index (χ0v) is 10.5. The molecular weight excluding hydrogens is 200 g/mol. The second-order valence-electron chi connectivity index (χ2n) is 3.99. The van der Waals surface area contributed by atoms with E-state index in [4.69, 9.17) is 4.74 Å². The van der Waals surface area contributed by atoms with Crippen molar-refractivity contribution in [2.24, 2.45) is 0 Å². The molecule has 0 saturated heterocycles. The van der Waals surface area contributed by atoms with Gasteiger partial charge in [0, 0.05) is 19.9 Å². The van der Waals surface area contributed by atoms with Crippen LogP contribution in [-0.2, 0) is 4.74 Å². The number of rotatable bonds is 7. The van der Waals surface area contributed by atoms with Gasteiger partial charge in [-0.3, -0.25) is 4.98 Å². The van der Waals surface area contributed by atoms with E-state index < -0.39 is 0 Å². The van der Waals surface area contributed by atoms with Crippen molar-refractivity contribution in [3.8, 4) is 0 Å². The molecule has 0 spiro atoms. The second kappa shape index (κ2) is 7.36. The van der Waals surface area contributed by atoms with Crippen molar-refractivity contribution in [2.45, 2.75) is 32.7 Å². The molecule has 1 rings (SSSR count). The van der Waals surface area contributed by atoms with E-state index in [1.165, 1.54) is 5.56 Å². The molecule has 0 saturated carbocycles. The van der Waals surface area contributed by atoms with E-state index in [0.29, 0.717) is 6.04 Å². The van der Waals surface area contributed by atoms with Crippen LogP contribution in [0.2, 0.25) is 0 Å². The van der Waals surface area contributed by atoms with Gasteiger partial charge in [-0.25, -0.2) is 0 Å². The first-order valence-electron chi connectivity index (χ1n) is 5.93. The Bertz CT molecular complexity index is 294. The van der Waals surface area contributed by atoms with Crippen LogP contribution in [-0.4, -0.2) is 25.2 Å². The first kappa shape index (κ1) is 13.1. The minimum Gasteiger partial charge on any atom is -0.385 e. The molecule has 0 aliphatic rings. The van der Waals surface area contributed by atoms with Crippen LogP contribution in [0.15, 0.2) is 18.3 Å². The van der Waals surface area contributed by atoms with Crippen molar-refractivity contribution in [3.63, 3.8) is 0 Å². The van der Waals surface area contributed by atoms with Crippen LogP contribution in [0.3, 0.4) is 0 Å². The fourth-order valence-corrected chi connectivity index (χ4v) is 1.75. The van der Waals surface area contributed by atoms with Crippen molar-refractivity contribution < 1.29 is 4.74 Å². The highest BCUT2D eigenvalue weighted by molar-refractivity contribution is 5.21. The lowest BCUT2D eigenvalue weighted by Crippen LogP contribution is -2.25. The van der Waals surface area contributed by atoms with Gasteiger partial charge in [0.05, 0.1) is 11.7 Å². The van der Waals surface area contributed by atoms with Crippen LogP contribution >= 0.6 is 0 Å². The molecule has 0 aliphatic carbocycles. The third-order valence-electron chi connectivity index (χ3n) is 2.63. The zero-order chi connectivity index (χ0) is 11.8. The van der Waals surface area contributed by atoms with Gasteiger partial charge in [0.15, 0.2) is 0 Å². The van der Waals surface area contributed by atoms with Crippen LogP contribution in [0, 0.1) is 6.92 Å². The maximum absolute atomic E-state index is 5.15. The van der Waals surface area contributed by atoms with Gasteiger partial charge >= 0.3 is 0 Å². The van der Waals surface area contributed by atoms with E-state index in [1.54, 1.807) is 7.11 Å². The van der Waals surface area contributed by atoms with Crippen molar-refractivity contribution in [1.82, 2.24) is 10.3 Å². The summed E-state index contributed by atoms with van der Waals surface area (Å²) in [6.07, 6.45) is 3.96. The quantitative estimate of drug-likeness (QED) is 0.769. The largest absolute Gasteiger partial charge is 0.385 e. The molecule has 0 aromatic carbocycles. The molecule has 0 aliphatic heterocycles. The molecule has 16 heavy (non-hydrogen) atoms. The van der Waals surface area contributed by atoms with Crippen LogP contribution in [0.1, 0.15) is 37.1 Å². The molecule has 0 radical (unpaired) electrons. The third kappa shape index (κ3) is 3.91. The lowest BCUT2D eigenvalue weighted by atomic mass is 10.1. The topological polar surface area (TPSA) is 34.1 Å². The number of methoxy groups -OCH3 is 1. The average Bonchev–Trinajstić information content (AvgIpc) is 2.31. The van der Waals surface area contributed by atoms with Crippen molar-refractivity contribution >= 4 is 0 Å². The molecule has 0 fully saturated rings. The number of hydrogen-bond acceptors (Lipinski definition) is 3. The number of ether oxygens (including phenoxy) is 1. The second-order valence-corrected chi connectivity index (χ2v) is 3.99. The molecule has 0 amide bonds. The molecule has 1 unspecified atom stereocenters. The molecule has 1 heterocycles. The third-order valence-corrected chi connectivity index (χ3v) is 2.63. The van der Waals surface area contributed by atoms with Crippen LogP contribution in [0.4, 0.5) is 0 Å². The van der Waals surface area contributed by atoms with Gasteiger partial charge in [-0.1, -0.05) is 13.0 Å². The lowest BCUT2D eigenvalue weighted by molar-refractivity contribution is 0.182. The number of hydrogen-bond donors (Lipinski definition) is 1. The van der Waals surface area contributed by atoms with E-state index in [0.717, 1.165) is 31.7 Å². The predicted molar refractivity (Wildman–Crippen MR) is 66.5 cm³/mol. The minimum absolute atomic E-state index is 0.307. The molecular formula is C13H22N2O. The van der Waals surface area contributed by atoms with Crippen molar-refractivity contribution in [1.29, 1.82) is 0 Å². The molecule has 3 nitrogen and oxygen atoms in total. The summed E-state index contributed by atoms with van der Waals surface area (Å²) in [6.45, 7) is 6.06. The van der Waals surface area contributed by atoms with Crippen LogP contribution < -0.4 is 5.32 Å². The number of nitrogens with one attached hydrogen (secondary N) is 1. The van der Waals surface area contributed by atoms with E-state index in [-0.39, 0.29) is 0 Å². The van der Waals surface area contributed by atoms with E-state index in [1.807, 2.05) is 12.3 Å². The Balaban J connectivity index is 2.70. The summed E-state index contributed by atoms with van der Waals surface area (Å²) in [5, 5.41) is 3.52. The van der Waals surface area contributed by atoms with Crippen LogP contribution in [0.5, 0.6) is 0 Å². The Hall–Kier alpha value is -0.930. The van der Waals surface area contributed by atoms with Gasteiger partial charge < -0.3 is 10.1 Å². The van der Waals surface area contributed by atoms with Gasteiger partial charge in [-0.2, -0.15) is 0 Å². The van der Waals surface area contributed by atoms with Crippen molar-refractivity contribution in [3.05, 3.63) is 29.6 Å². The van der Waals surface area contributed by atoms with Gasteiger partial charge in [-0.05, 0) is 37.9 Å². The highest BCUT2D eigenvalue weighted by Gasteiger charge is 2.13. The standard InChI is InChI=1S/C13H22N2O/c1-4-8-14-12(7-10-16-3)13-11(2)6-5-9-15-13/h5-6,9,12,14H,4,7-8,10H2,1-3H3. The minimum atomic E-state index is 0.307. The zero-order valence-electron chi connectivity index (χ0n) is 10.5. The maximum atomic E-state index is 5.15. The summed E-state index contributed by atoms with van der Waals surface area (Å²) in [7, 11) is 1.74. The van der Waals surface area contributed by atoms with Crippen molar-refractivity contribution in [2.75, 3.05) is 20.3 Å². The molecule has 1 N–H and O–H groups in total. The summed E-state index contributed by atoms with van der Waals surface area (Å²) in [6, 6.07) is 4.39. The lowest BCUT2D eigenvalue weighted by Gasteiger charge is -2.19. The predicted octanol–water partition coefficient (Wildman–Crippen LogP) is 2.47. The highest BCUT2D eigenvalue weighted by atomic mass is 16.5. The molecule has 0 bridgehead atoms. The summed E-state index contributed by atoms with van der Waals surface area (Å²) >= 11 is 0. The number of aryl methyl sites for hydroxylation is 1. The number of pyridine rings is 1. The van der Waals surface area contributed by atoms with Gasteiger partial charge in [0.25, 0.3) is 0 Å². The first-order valence-corrected chi connectivity index (χ1v) is 5.93. The maximum Gasteiger partial charge on any atom is 0.0603 e. The number of aromatic nitrogens is 1. The molecule has 1 aromatic heterocycles. The summed E-state index contributed by atoms with van der Waals surface area (Å²) in [4.78, 5) is 4.47. The van der Waals surface area contributed by atoms with E-state index in [9.17, 15) is 0 Å². The Kier molecular flexibility index (Phi) is 6.04. The fourth-order valence-electron chi connectivity index (χ4n) is 1.75.